The van der Waals surface area contributed by atoms with E-state index in [-0.39, 0.29) is 5.92 Å². The largest absolute Gasteiger partial charge is 0.154 e. The van der Waals surface area contributed by atoms with Crippen LogP contribution in [0, 0.1) is 0 Å². The molecule has 106 valence electrons. The van der Waals surface area contributed by atoms with Gasteiger partial charge in [0.15, 0.2) is 0 Å². The average Bonchev–Trinajstić information content (AvgIpc) is 2.60. The summed E-state index contributed by atoms with van der Waals surface area (Å²) in [5.41, 5.74) is 3.62. The zero-order valence-electron chi connectivity index (χ0n) is 12.1. The van der Waals surface area contributed by atoms with Crippen molar-refractivity contribution in [2.45, 2.75) is 12.8 Å². The molecule has 0 aliphatic heterocycles. The van der Waals surface area contributed by atoms with E-state index in [4.69, 9.17) is 0 Å². The minimum Gasteiger partial charge on any atom is -0.154 e. The fourth-order valence-electron chi connectivity index (χ4n) is 2.58. The minimum atomic E-state index is 0.0502. The van der Waals surface area contributed by atoms with Gasteiger partial charge in [-0.1, -0.05) is 43.3 Å². The highest BCUT2D eigenvalue weighted by Crippen LogP contribution is 2.24. The molecule has 0 fully saturated rings. The zero-order chi connectivity index (χ0) is 14.9. The Kier molecular flexibility index (Phi) is 3.00. The normalized spacial score (nSPS) is 11.4. The first-order valence-electron chi connectivity index (χ1n) is 7.26. The Morgan fingerprint density at radius 2 is 1.09 bits per heavy atom. The summed E-state index contributed by atoms with van der Waals surface area (Å²) in [5, 5.41) is 19.5. The van der Waals surface area contributed by atoms with Crippen molar-refractivity contribution in [3.8, 4) is 0 Å². The van der Waals surface area contributed by atoms with Crippen LogP contribution in [0.15, 0.2) is 60.7 Å². The summed E-state index contributed by atoms with van der Waals surface area (Å²) in [5.74, 6) is 0.0502. The van der Waals surface area contributed by atoms with E-state index in [9.17, 15) is 0 Å². The number of fused-ring (bicyclic) bond motifs is 2. The lowest BCUT2D eigenvalue weighted by Gasteiger charge is -2.10. The molecule has 0 unspecified atom stereocenters. The molecule has 4 rings (SSSR count). The third-order valence-corrected chi connectivity index (χ3v) is 3.91. The molecule has 0 saturated heterocycles. The Bertz CT molecular complexity index is 886. The molecule has 4 aromatic rings. The van der Waals surface area contributed by atoms with Crippen LogP contribution in [0.3, 0.4) is 0 Å². The molecule has 4 heteroatoms. The molecule has 0 amide bonds. The quantitative estimate of drug-likeness (QED) is 0.563. The van der Waals surface area contributed by atoms with E-state index in [1.165, 1.54) is 0 Å². The van der Waals surface area contributed by atoms with Crippen molar-refractivity contribution >= 4 is 21.8 Å². The second-order valence-electron chi connectivity index (χ2n) is 5.38. The minimum absolute atomic E-state index is 0.0502. The first-order chi connectivity index (χ1) is 10.8. The number of aromatic nitrogens is 4. The van der Waals surface area contributed by atoms with E-state index in [1.807, 2.05) is 48.5 Å². The summed E-state index contributed by atoms with van der Waals surface area (Å²) in [6, 6.07) is 20.1. The Morgan fingerprint density at radius 1 is 0.636 bits per heavy atom. The molecule has 0 N–H and O–H groups in total. The van der Waals surface area contributed by atoms with Gasteiger partial charge in [-0.3, -0.25) is 0 Å². The van der Waals surface area contributed by atoms with Crippen LogP contribution in [-0.4, -0.2) is 20.4 Å². The lowest BCUT2D eigenvalue weighted by atomic mass is 10.0. The fourth-order valence-corrected chi connectivity index (χ4v) is 2.58. The molecular weight excluding hydrogens is 272 g/mol. The third kappa shape index (κ3) is 2.19. The molecule has 0 atom stereocenters. The smallest absolute Gasteiger partial charge is 0.0929 e. The number of hydrogen-bond acceptors (Lipinski definition) is 4. The highest BCUT2D eigenvalue weighted by atomic mass is 15.1. The Balaban J connectivity index is 1.78. The van der Waals surface area contributed by atoms with Gasteiger partial charge in [-0.05, 0) is 24.3 Å². The van der Waals surface area contributed by atoms with Crippen molar-refractivity contribution in [3.63, 3.8) is 0 Å². The van der Waals surface area contributed by atoms with Gasteiger partial charge in [0.1, 0.15) is 0 Å². The SMILES string of the molecule is CC(c1cc2ccccc2nn1)c1cc2ccccc2nn1. The van der Waals surface area contributed by atoms with E-state index in [2.05, 4.69) is 39.5 Å². The summed E-state index contributed by atoms with van der Waals surface area (Å²) < 4.78 is 0. The monoisotopic (exact) mass is 286 g/mol. The van der Waals surface area contributed by atoms with Crippen molar-refractivity contribution in [2.24, 2.45) is 0 Å². The maximum Gasteiger partial charge on any atom is 0.0929 e. The van der Waals surface area contributed by atoms with Crippen LogP contribution in [0.1, 0.15) is 24.2 Å². The van der Waals surface area contributed by atoms with Crippen molar-refractivity contribution in [3.05, 3.63) is 72.1 Å². The molecule has 0 aliphatic rings. The lowest BCUT2D eigenvalue weighted by molar-refractivity contribution is 0.785. The van der Waals surface area contributed by atoms with Gasteiger partial charge in [0.05, 0.1) is 22.4 Å². The zero-order valence-corrected chi connectivity index (χ0v) is 12.1. The van der Waals surface area contributed by atoms with Gasteiger partial charge in [0.25, 0.3) is 0 Å². The second kappa shape index (κ2) is 5.15. The van der Waals surface area contributed by atoms with Crippen LogP contribution >= 0.6 is 0 Å². The fraction of sp³-hybridized carbons (Fsp3) is 0.111. The van der Waals surface area contributed by atoms with Crippen molar-refractivity contribution in [1.29, 1.82) is 0 Å². The Labute approximate surface area is 127 Å². The molecular formula is C18H14N4. The van der Waals surface area contributed by atoms with Gasteiger partial charge in [-0.2, -0.15) is 20.4 Å². The molecule has 0 spiro atoms. The van der Waals surface area contributed by atoms with Crippen LogP contribution in [0.2, 0.25) is 0 Å². The lowest BCUT2D eigenvalue weighted by Crippen LogP contribution is -2.04. The summed E-state index contributed by atoms with van der Waals surface area (Å²) in [6.45, 7) is 2.08. The summed E-state index contributed by atoms with van der Waals surface area (Å²) in [4.78, 5) is 0. The number of nitrogens with zero attached hydrogens (tertiary/aromatic N) is 4. The maximum absolute atomic E-state index is 4.35. The topological polar surface area (TPSA) is 51.6 Å². The molecule has 2 aromatic carbocycles. The molecule has 4 nitrogen and oxygen atoms in total. The molecule has 2 aromatic heterocycles. The number of hydrogen-bond donors (Lipinski definition) is 0. The Morgan fingerprint density at radius 3 is 1.59 bits per heavy atom. The predicted molar refractivity (Wildman–Crippen MR) is 86.6 cm³/mol. The van der Waals surface area contributed by atoms with Gasteiger partial charge >= 0.3 is 0 Å². The van der Waals surface area contributed by atoms with Gasteiger partial charge in [0.2, 0.25) is 0 Å². The van der Waals surface area contributed by atoms with Gasteiger partial charge in [0, 0.05) is 16.7 Å². The van der Waals surface area contributed by atoms with Crippen LogP contribution in [0.25, 0.3) is 21.8 Å². The van der Waals surface area contributed by atoms with Gasteiger partial charge < -0.3 is 0 Å². The van der Waals surface area contributed by atoms with E-state index in [1.54, 1.807) is 0 Å². The van der Waals surface area contributed by atoms with E-state index in [0.717, 1.165) is 33.2 Å². The highest BCUT2D eigenvalue weighted by Gasteiger charge is 2.14. The van der Waals surface area contributed by atoms with E-state index >= 15 is 0 Å². The van der Waals surface area contributed by atoms with Gasteiger partial charge in [-0.25, -0.2) is 0 Å². The molecule has 0 radical (unpaired) electrons. The number of rotatable bonds is 2. The molecule has 22 heavy (non-hydrogen) atoms. The maximum atomic E-state index is 4.35. The second-order valence-corrected chi connectivity index (χ2v) is 5.38. The summed E-state index contributed by atoms with van der Waals surface area (Å²) in [7, 11) is 0. The first kappa shape index (κ1) is 12.8. The summed E-state index contributed by atoms with van der Waals surface area (Å²) >= 11 is 0. The number of benzene rings is 2. The molecule has 0 saturated carbocycles. The average molecular weight is 286 g/mol. The van der Waals surface area contributed by atoms with Crippen molar-refractivity contribution in [1.82, 2.24) is 20.4 Å². The molecule has 0 aliphatic carbocycles. The highest BCUT2D eigenvalue weighted by molar-refractivity contribution is 5.79. The van der Waals surface area contributed by atoms with Crippen LogP contribution in [-0.2, 0) is 0 Å². The standard InChI is InChI=1S/C18H14N4/c1-12(17-10-13-6-2-4-8-15(13)19-21-17)18-11-14-7-3-5-9-16(14)20-22-18/h2-12H,1H3. The van der Waals surface area contributed by atoms with Crippen molar-refractivity contribution < 1.29 is 0 Å². The first-order valence-corrected chi connectivity index (χ1v) is 7.26. The molecule has 0 bridgehead atoms. The van der Waals surface area contributed by atoms with Crippen LogP contribution < -0.4 is 0 Å². The summed E-state index contributed by atoms with van der Waals surface area (Å²) in [6.07, 6.45) is 0. The molecule has 2 heterocycles. The van der Waals surface area contributed by atoms with Crippen molar-refractivity contribution in [2.75, 3.05) is 0 Å². The predicted octanol–water partition coefficient (Wildman–Crippen LogP) is 3.72. The Hall–Kier alpha value is -2.88. The van der Waals surface area contributed by atoms with E-state index in [0.29, 0.717) is 0 Å². The van der Waals surface area contributed by atoms with Crippen LogP contribution in [0.4, 0.5) is 0 Å². The van der Waals surface area contributed by atoms with Gasteiger partial charge in [-0.15, -0.1) is 0 Å². The third-order valence-electron chi connectivity index (χ3n) is 3.91. The van der Waals surface area contributed by atoms with Crippen LogP contribution in [0.5, 0.6) is 0 Å². The van der Waals surface area contributed by atoms with E-state index < -0.39 is 0 Å².